The second-order valence-corrected chi connectivity index (χ2v) is 3.87. The number of carboxylic acids is 1. The molecule has 0 aromatic heterocycles. The first-order chi connectivity index (χ1) is 9.53. The SMILES string of the molecule is C#CCN(CC)C(=O)Nc1ccc(C(=O)O)c(OC)c1. The number of rotatable bonds is 5. The molecular weight excluding hydrogens is 260 g/mol. The van der Waals surface area contributed by atoms with Crippen LogP contribution in [0, 0.1) is 12.3 Å². The van der Waals surface area contributed by atoms with Crippen molar-refractivity contribution in [1.29, 1.82) is 0 Å². The normalized spacial score (nSPS) is 9.45. The van der Waals surface area contributed by atoms with Gasteiger partial charge >= 0.3 is 12.0 Å². The van der Waals surface area contributed by atoms with E-state index in [9.17, 15) is 9.59 Å². The van der Waals surface area contributed by atoms with Gasteiger partial charge in [0.15, 0.2) is 0 Å². The number of methoxy groups -OCH3 is 1. The topological polar surface area (TPSA) is 78.9 Å². The van der Waals surface area contributed by atoms with Gasteiger partial charge in [0, 0.05) is 18.3 Å². The highest BCUT2D eigenvalue weighted by Gasteiger charge is 2.14. The van der Waals surface area contributed by atoms with E-state index >= 15 is 0 Å². The number of terminal acetylenes is 1. The van der Waals surface area contributed by atoms with Crippen molar-refractivity contribution in [2.75, 3.05) is 25.5 Å². The Hall–Kier alpha value is -2.68. The van der Waals surface area contributed by atoms with Crippen molar-refractivity contribution in [3.05, 3.63) is 23.8 Å². The third-order valence-electron chi connectivity index (χ3n) is 2.63. The Balaban J connectivity index is 2.91. The summed E-state index contributed by atoms with van der Waals surface area (Å²) in [5.74, 6) is 1.48. The molecule has 2 N–H and O–H groups in total. The Bertz CT molecular complexity index is 549. The second kappa shape index (κ2) is 7.04. The third kappa shape index (κ3) is 3.65. The Kier molecular flexibility index (Phi) is 5.42. The fraction of sp³-hybridized carbons (Fsp3) is 0.286. The molecule has 0 unspecified atom stereocenters. The van der Waals surface area contributed by atoms with Gasteiger partial charge in [-0.25, -0.2) is 9.59 Å². The molecule has 0 aliphatic heterocycles. The largest absolute Gasteiger partial charge is 0.496 e. The summed E-state index contributed by atoms with van der Waals surface area (Å²) in [6.45, 7) is 2.48. The number of urea groups is 1. The highest BCUT2D eigenvalue weighted by atomic mass is 16.5. The number of anilines is 1. The van der Waals surface area contributed by atoms with Crippen LogP contribution in [-0.4, -0.2) is 42.2 Å². The van der Waals surface area contributed by atoms with Gasteiger partial charge in [-0.3, -0.25) is 0 Å². The smallest absolute Gasteiger partial charge is 0.339 e. The zero-order valence-electron chi connectivity index (χ0n) is 11.3. The fourth-order valence-electron chi connectivity index (χ4n) is 1.59. The summed E-state index contributed by atoms with van der Waals surface area (Å²) in [5, 5.41) is 11.6. The average Bonchev–Trinajstić information content (AvgIpc) is 2.44. The number of nitrogens with zero attached hydrogens (tertiary/aromatic N) is 1. The number of carbonyl (C=O) groups is 2. The minimum atomic E-state index is -1.10. The number of aromatic carboxylic acids is 1. The molecule has 0 fully saturated rings. The van der Waals surface area contributed by atoms with Crippen molar-refractivity contribution >= 4 is 17.7 Å². The Labute approximate surface area is 117 Å². The zero-order chi connectivity index (χ0) is 15.1. The summed E-state index contributed by atoms with van der Waals surface area (Å²) >= 11 is 0. The molecule has 0 radical (unpaired) electrons. The number of ether oxygens (including phenoxy) is 1. The number of hydrogen-bond acceptors (Lipinski definition) is 3. The average molecular weight is 276 g/mol. The van der Waals surface area contributed by atoms with Crippen LogP contribution in [-0.2, 0) is 0 Å². The first-order valence-electron chi connectivity index (χ1n) is 5.94. The maximum atomic E-state index is 11.9. The van der Waals surface area contributed by atoms with Crippen LogP contribution in [0.25, 0.3) is 0 Å². The molecule has 2 amide bonds. The van der Waals surface area contributed by atoms with Crippen molar-refractivity contribution in [3.63, 3.8) is 0 Å². The first-order valence-corrected chi connectivity index (χ1v) is 5.94. The van der Waals surface area contributed by atoms with E-state index in [2.05, 4.69) is 11.2 Å². The van der Waals surface area contributed by atoms with Gasteiger partial charge in [-0.1, -0.05) is 5.92 Å². The molecular formula is C14H16N2O4. The minimum Gasteiger partial charge on any atom is -0.496 e. The predicted molar refractivity (Wildman–Crippen MR) is 75.1 cm³/mol. The van der Waals surface area contributed by atoms with Crippen LogP contribution < -0.4 is 10.1 Å². The van der Waals surface area contributed by atoms with Crippen LogP contribution in [0.2, 0.25) is 0 Å². The Morgan fingerprint density at radius 2 is 2.20 bits per heavy atom. The lowest BCUT2D eigenvalue weighted by Gasteiger charge is -2.19. The summed E-state index contributed by atoms with van der Waals surface area (Å²) in [6.07, 6.45) is 5.18. The molecule has 106 valence electrons. The number of benzene rings is 1. The molecule has 0 bridgehead atoms. The zero-order valence-corrected chi connectivity index (χ0v) is 11.3. The lowest BCUT2D eigenvalue weighted by atomic mass is 10.2. The van der Waals surface area contributed by atoms with Crippen LogP contribution in [0.1, 0.15) is 17.3 Å². The fourth-order valence-corrected chi connectivity index (χ4v) is 1.59. The summed E-state index contributed by atoms with van der Waals surface area (Å²) in [5.41, 5.74) is 0.466. The minimum absolute atomic E-state index is 0.0291. The van der Waals surface area contributed by atoms with E-state index < -0.39 is 5.97 Å². The van der Waals surface area contributed by atoms with Gasteiger partial charge in [-0.05, 0) is 19.1 Å². The van der Waals surface area contributed by atoms with Crippen molar-refractivity contribution in [2.24, 2.45) is 0 Å². The molecule has 1 aromatic rings. The maximum absolute atomic E-state index is 11.9. The van der Waals surface area contributed by atoms with Gasteiger partial charge in [-0.15, -0.1) is 6.42 Å². The number of amides is 2. The van der Waals surface area contributed by atoms with Crippen LogP contribution in [0.15, 0.2) is 18.2 Å². The third-order valence-corrected chi connectivity index (χ3v) is 2.63. The second-order valence-electron chi connectivity index (χ2n) is 3.87. The number of carboxylic acid groups (broad SMARTS) is 1. The standard InChI is InChI=1S/C14H16N2O4/c1-4-8-16(5-2)14(19)15-10-6-7-11(13(17)18)12(9-10)20-3/h1,6-7,9H,5,8H2,2-3H3,(H,15,19)(H,17,18). The van der Waals surface area contributed by atoms with E-state index in [1.807, 2.05) is 6.92 Å². The van der Waals surface area contributed by atoms with E-state index in [-0.39, 0.29) is 23.9 Å². The molecule has 0 heterocycles. The van der Waals surface area contributed by atoms with Crippen LogP contribution in [0.4, 0.5) is 10.5 Å². The van der Waals surface area contributed by atoms with Crippen molar-refractivity contribution < 1.29 is 19.4 Å². The highest BCUT2D eigenvalue weighted by Crippen LogP contribution is 2.23. The summed E-state index contributed by atoms with van der Waals surface area (Å²) in [6, 6.07) is 3.96. The molecule has 0 aliphatic rings. The molecule has 6 heteroatoms. The van der Waals surface area contributed by atoms with Gasteiger partial charge in [0.25, 0.3) is 0 Å². The van der Waals surface area contributed by atoms with Crippen LogP contribution in [0.5, 0.6) is 5.75 Å². The lowest BCUT2D eigenvalue weighted by Crippen LogP contribution is -2.35. The summed E-state index contributed by atoms with van der Waals surface area (Å²) in [4.78, 5) is 24.3. The van der Waals surface area contributed by atoms with Crippen LogP contribution in [0.3, 0.4) is 0 Å². The van der Waals surface area contributed by atoms with Crippen LogP contribution >= 0.6 is 0 Å². The highest BCUT2D eigenvalue weighted by molar-refractivity contribution is 5.94. The van der Waals surface area contributed by atoms with E-state index in [4.69, 9.17) is 16.3 Å². The number of nitrogens with one attached hydrogen (secondary N) is 1. The molecule has 6 nitrogen and oxygen atoms in total. The monoisotopic (exact) mass is 276 g/mol. The molecule has 1 aromatic carbocycles. The summed E-state index contributed by atoms with van der Waals surface area (Å²) < 4.78 is 4.99. The van der Waals surface area contributed by atoms with Crippen molar-refractivity contribution in [1.82, 2.24) is 4.90 Å². The quantitative estimate of drug-likeness (QED) is 0.805. The summed E-state index contributed by atoms with van der Waals surface area (Å²) in [7, 11) is 1.37. The number of hydrogen-bond donors (Lipinski definition) is 2. The maximum Gasteiger partial charge on any atom is 0.339 e. The molecule has 0 saturated carbocycles. The lowest BCUT2D eigenvalue weighted by molar-refractivity contribution is 0.0693. The van der Waals surface area contributed by atoms with Crippen molar-refractivity contribution in [3.8, 4) is 18.1 Å². The van der Waals surface area contributed by atoms with E-state index in [0.717, 1.165) is 0 Å². The van der Waals surface area contributed by atoms with Crippen molar-refractivity contribution in [2.45, 2.75) is 6.92 Å². The Morgan fingerprint density at radius 3 is 2.70 bits per heavy atom. The molecule has 1 rings (SSSR count). The van der Waals surface area contributed by atoms with Gasteiger partial charge in [-0.2, -0.15) is 0 Å². The first kappa shape index (κ1) is 15.4. The van der Waals surface area contributed by atoms with Gasteiger partial charge < -0.3 is 20.1 Å². The predicted octanol–water partition coefficient (Wildman–Crippen LogP) is 1.88. The molecule has 0 spiro atoms. The molecule has 20 heavy (non-hydrogen) atoms. The van der Waals surface area contributed by atoms with E-state index in [1.54, 1.807) is 0 Å². The van der Waals surface area contributed by atoms with Gasteiger partial charge in [0.2, 0.25) is 0 Å². The molecule has 0 atom stereocenters. The van der Waals surface area contributed by atoms with Gasteiger partial charge in [0.1, 0.15) is 11.3 Å². The van der Waals surface area contributed by atoms with Gasteiger partial charge in [0.05, 0.1) is 13.7 Å². The van der Waals surface area contributed by atoms with E-state index in [1.165, 1.54) is 30.2 Å². The Morgan fingerprint density at radius 1 is 1.50 bits per heavy atom. The van der Waals surface area contributed by atoms with E-state index in [0.29, 0.717) is 12.2 Å². The molecule has 0 saturated heterocycles. The molecule has 0 aliphatic carbocycles. The number of carbonyl (C=O) groups excluding carboxylic acids is 1.